The average molecular weight is 416 g/mol. The minimum atomic E-state index is -0.484. The molecule has 152 valence electrons. The predicted octanol–water partition coefficient (Wildman–Crippen LogP) is 5.44. The van der Waals surface area contributed by atoms with Crippen LogP contribution in [-0.2, 0) is 6.61 Å². The molecule has 0 fully saturated rings. The number of carbonyl (C=O) groups is 1. The van der Waals surface area contributed by atoms with Gasteiger partial charge in [-0.25, -0.2) is 13.8 Å². The molecule has 0 saturated carbocycles. The van der Waals surface area contributed by atoms with Gasteiger partial charge in [0, 0.05) is 23.6 Å². The number of nitrogens with zero attached hydrogens (tertiary/aromatic N) is 1. The van der Waals surface area contributed by atoms with E-state index in [0.29, 0.717) is 28.8 Å². The Labute approximate surface area is 172 Å². The second kappa shape index (κ2) is 9.60. The smallest absolute Gasteiger partial charge is 0.270 e. The zero-order chi connectivity index (χ0) is 20.8. The van der Waals surface area contributed by atoms with Gasteiger partial charge in [0.2, 0.25) is 0 Å². The topological polar surface area (TPSA) is 51.2 Å². The fraction of sp³-hybridized carbons (Fsp3) is 0.273. The van der Waals surface area contributed by atoms with E-state index >= 15 is 0 Å². The van der Waals surface area contributed by atoms with Crippen LogP contribution in [0.1, 0.15) is 36.3 Å². The molecule has 1 N–H and O–H groups in total. The van der Waals surface area contributed by atoms with Crippen LogP contribution in [0.3, 0.4) is 0 Å². The molecule has 0 aliphatic rings. The van der Waals surface area contributed by atoms with E-state index in [-0.39, 0.29) is 24.0 Å². The molecule has 0 spiro atoms. The van der Waals surface area contributed by atoms with Crippen molar-refractivity contribution < 1.29 is 18.3 Å². The second-order valence-electron chi connectivity index (χ2n) is 7.03. The molecule has 7 heteroatoms. The molecule has 1 amide bonds. The third kappa shape index (κ3) is 5.84. The summed E-state index contributed by atoms with van der Waals surface area (Å²) in [7, 11) is 0. The normalized spacial score (nSPS) is 10.9. The third-order valence-electron chi connectivity index (χ3n) is 4.23. The highest BCUT2D eigenvalue weighted by Crippen LogP contribution is 2.29. The molecule has 0 atom stereocenters. The minimum absolute atomic E-state index is 0.205. The van der Waals surface area contributed by atoms with Gasteiger partial charge in [0.25, 0.3) is 5.91 Å². The standard InChI is InChI=1S/C22H22F2N2O2S/c1-14(2)9-10-25-21(27)20-13-29-22(26-20)18-8-7-17(11-19(18)24)28-12-15-3-5-16(23)6-4-15/h3-8,11,13-14H,9-10,12H2,1-2H3,(H,25,27). The number of carbonyl (C=O) groups excluding carboxylic acids is 1. The molecule has 0 aliphatic carbocycles. The van der Waals surface area contributed by atoms with Crippen LogP contribution in [0.4, 0.5) is 8.78 Å². The number of hydrogen-bond donors (Lipinski definition) is 1. The Morgan fingerprint density at radius 1 is 1.17 bits per heavy atom. The summed E-state index contributed by atoms with van der Waals surface area (Å²) in [5.41, 5.74) is 1.37. The highest BCUT2D eigenvalue weighted by molar-refractivity contribution is 7.13. The quantitative estimate of drug-likeness (QED) is 0.532. The van der Waals surface area contributed by atoms with Crippen LogP contribution in [0.2, 0.25) is 0 Å². The first-order valence-electron chi connectivity index (χ1n) is 9.33. The Balaban J connectivity index is 1.63. The fourth-order valence-corrected chi connectivity index (χ4v) is 3.40. The van der Waals surface area contributed by atoms with Gasteiger partial charge >= 0.3 is 0 Å². The average Bonchev–Trinajstić information content (AvgIpc) is 3.17. The summed E-state index contributed by atoms with van der Waals surface area (Å²) in [5.74, 6) is -0.200. The first kappa shape index (κ1) is 20.9. The number of rotatable bonds is 8. The first-order chi connectivity index (χ1) is 13.9. The second-order valence-corrected chi connectivity index (χ2v) is 7.89. The van der Waals surface area contributed by atoms with Crippen molar-refractivity contribution in [1.82, 2.24) is 10.3 Å². The molecule has 2 aromatic carbocycles. The van der Waals surface area contributed by atoms with Crippen LogP contribution in [0.15, 0.2) is 47.8 Å². The van der Waals surface area contributed by atoms with E-state index in [1.165, 1.54) is 29.5 Å². The van der Waals surface area contributed by atoms with E-state index in [9.17, 15) is 13.6 Å². The molecule has 0 saturated heterocycles. The fourth-order valence-electron chi connectivity index (χ4n) is 2.57. The Morgan fingerprint density at radius 2 is 1.93 bits per heavy atom. The molecule has 1 aromatic heterocycles. The maximum atomic E-state index is 14.6. The number of nitrogens with one attached hydrogen (secondary N) is 1. The molecule has 4 nitrogen and oxygen atoms in total. The number of hydrogen-bond acceptors (Lipinski definition) is 4. The molecule has 0 unspecified atom stereocenters. The van der Waals surface area contributed by atoms with Crippen LogP contribution in [0.5, 0.6) is 5.75 Å². The summed E-state index contributed by atoms with van der Waals surface area (Å²) in [6.07, 6.45) is 0.886. The summed E-state index contributed by atoms with van der Waals surface area (Å²) in [4.78, 5) is 16.4. The Hall–Kier alpha value is -2.80. The number of aromatic nitrogens is 1. The highest BCUT2D eigenvalue weighted by atomic mass is 32.1. The molecule has 0 radical (unpaired) electrons. The van der Waals surface area contributed by atoms with Crippen LogP contribution < -0.4 is 10.1 Å². The van der Waals surface area contributed by atoms with E-state index in [1.54, 1.807) is 29.6 Å². The largest absolute Gasteiger partial charge is 0.489 e. The van der Waals surface area contributed by atoms with Gasteiger partial charge in [-0.1, -0.05) is 26.0 Å². The van der Waals surface area contributed by atoms with Gasteiger partial charge in [-0.3, -0.25) is 4.79 Å². The Morgan fingerprint density at radius 3 is 2.62 bits per heavy atom. The molecule has 1 heterocycles. The lowest BCUT2D eigenvalue weighted by atomic mass is 10.1. The lowest BCUT2D eigenvalue weighted by molar-refractivity contribution is 0.0948. The number of ether oxygens (including phenoxy) is 1. The van der Waals surface area contributed by atoms with Gasteiger partial charge in [0.05, 0.1) is 0 Å². The summed E-state index contributed by atoms with van der Waals surface area (Å²) >= 11 is 1.21. The predicted molar refractivity (Wildman–Crippen MR) is 110 cm³/mol. The van der Waals surface area contributed by atoms with Crippen LogP contribution in [-0.4, -0.2) is 17.4 Å². The first-order valence-corrected chi connectivity index (χ1v) is 10.2. The molecule has 0 aliphatic heterocycles. The van der Waals surface area contributed by atoms with Crippen molar-refractivity contribution >= 4 is 17.2 Å². The van der Waals surface area contributed by atoms with Gasteiger partial charge in [-0.2, -0.15) is 0 Å². The monoisotopic (exact) mass is 416 g/mol. The Bertz CT molecular complexity index is 971. The van der Waals surface area contributed by atoms with Gasteiger partial charge in [-0.15, -0.1) is 11.3 Å². The van der Waals surface area contributed by atoms with Crippen molar-refractivity contribution in [3.8, 4) is 16.3 Å². The molecular formula is C22H22F2N2O2S. The molecule has 29 heavy (non-hydrogen) atoms. The number of benzene rings is 2. The van der Waals surface area contributed by atoms with E-state index < -0.39 is 5.82 Å². The Kier molecular flexibility index (Phi) is 6.93. The number of thiazole rings is 1. The van der Waals surface area contributed by atoms with E-state index in [2.05, 4.69) is 24.1 Å². The van der Waals surface area contributed by atoms with E-state index in [1.807, 2.05) is 0 Å². The zero-order valence-electron chi connectivity index (χ0n) is 16.2. The van der Waals surface area contributed by atoms with E-state index in [0.717, 1.165) is 12.0 Å². The van der Waals surface area contributed by atoms with Gasteiger partial charge in [0.1, 0.15) is 34.7 Å². The van der Waals surface area contributed by atoms with Crippen LogP contribution in [0.25, 0.3) is 10.6 Å². The summed E-state index contributed by atoms with van der Waals surface area (Å²) in [6.45, 7) is 4.96. The minimum Gasteiger partial charge on any atom is -0.489 e. The highest BCUT2D eigenvalue weighted by Gasteiger charge is 2.15. The molecular weight excluding hydrogens is 394 g/mol. The van der Waals surface area contributed by atoms with Crippen molar-refractivity contribution in [2.75, 3.05) is 6.54 Å². The van der Waals surface area contributed by atoms with Crippen molar-refractivity contribution in [3.05, 3.63) is 70.7 Å². The zero-order valence-corrected chi connectivity index (χ0v) is 17.1. The van der Waals surface area contributed by atoms with Crippen molar-refractivity contribution in [2.24, 2.45) is 5.92 Å². The van der Waals surface area contributed by atoms with Crippen LogP contribution in [0, 0.1) is 17.6 Å². The summed E-state index contributed by atoms with van der Waals surface area (Å²) in [5, 5.41) is 4.88. The molecule has 3 rings (SSSR count). The lowest BCUT2D eigenvalue weighted by Gasteiger charge is -2.08. The van der Waals surface area contributed by atoms with Gasteiger partial charge < -0.3 is 10.1 Å². The van der Waals surface area contributed by atoms with E-state index in [4.69, 9.17) is 4.74 Å². The maximum absolute atomic E-state index is 14.6. The molecule has 3 aromatic rings. The van der Waals surface area contributed by atoms with Crippen molar-refractivity contribution in [3.63, 3.8) is 0 Å². The molecule has 0 bridgehead atoms. The summed E-state index contributed by atoms with van der Waals surface area (Å²) < 4.78 is 33.1. The van der Waals surface area contributed by atoms with Crippen molar-refractivity contribution in [2.45, 2.75) is 26.9 Å². The van der Waals surface area contributed by atoms with Crippen molar-refractivity contribution in [1.29, 1.82) is 0 Å². The summed E-state index contributed by atoms with van der Waals surface area (Å²) in [6, 6.07) is 10.4. The third-order valence-corrected chi connectivity index (χ3v) is 5.11. The van der Waals surface area contributed by atoms with Gasteiger partial charge in [0.15, 0.2) is 0 Å². The van der Waals surface area contributed by atoms with Crippen LogP contribution >= 0.6 is 11.3 Å². The lowest BCUT2D eigenvalue weighted by Crippen LogP contribution is -2.25. The maximum Gasteiger partial charge on any atom is 0.270 e. The SMILES string of the molecule is CC(C)CCNC(=O)c1csc(-c2ccc(OCc3ccc(F)cc3)cc2F)n1. The van der Waals surface area contributed by atoms with Gasteiger partial charge in [-0.05, 0) is 42.2 Å². The number of halogens is 2. The number of amides is 1.